The predicted molar refractivity (Wildman–Crippen MR) is 72.8 cm³/mol. The zero-order valence-electron chi connectivity index (χ0n) is 10.3. The van der Waals surface area contributed by atoms with Gasteiger partial charge in [0, 0.05) is 25.0 Å². The van der Waals surface area contributed by atoms with Crippen LogP contribution < -0.4 is 5.32 Å². The van der Waals surface area contributed by atoms with Gasteiger partial charge in [-0.2, -0.15) is 5.26 Å². The lowest BCUT2D eigenvalue weighted by atomic mass is 10.1. The first kappa shape index (κ1) is 12.7. The monoisotopic (exact) mass is 251 g/mol. The smallest absolute Gasteiger partial charge is 0.244 e. The maximum Gasteiger partial charge on any atom is 0.244 e. The van der Waals surface area contributed by atoms with E-state index in [0.29, 0.717) is 12.1 Å². The quantitative estimate of drug-likeness (QED) is 0.818. The van der Waals surface area contributed by atoms with Gasteiger partial charge in [-0.3, -0.25) is 4.79 Å². The van der Waals surface area contributed by atoms with E-state index >= 15 is 0 Å². The number of amides is 1. The summed E-state index contributed by atoms with van der Waals surface area (Å²) in [6.45, 7) is 0.500. The van der Waals surface area contributed by atoms with Crippen LogP contribution >= 0.6 is 0 Å². The topological polar surface area (TPSA) is 68.7 Å². The lowest BCUT2D eigenvalue weighted by Crippen LogP contribution is -2.19. The summed E-state index contributed by atoms with van der Waals surface area (Å²) in [6, 6.07) is 11.0. The SMILES string of the molecule is N#Cc1ccc(/C=C/C(=O)NCc2cc[nH]c2)cc1. The Morgan fingerprint density at radius 3 is 2.74 bits per heavy atom. The maximum atomic E-state index is 11.6. The molecule has 0 fully saturated rings. The number of hydrogen-bond acceptors (Lipinski definition) is 2. The molecule has 2 N–H and O–H groups in total. The van der Waals surface area contributed by atoms with E-state index in [4.69, 9.17) is 5.26 Å². The summed E-state index contributed by atoms with van der Waals surface area (Å²) in [5.41, 5.74) is 2.52. The van der Waals surface area contributed by atoms with Gasteiger partial charge in [-0.1, -0.05) is 12.1 Å². The minimum absolute atomic E-state index is 0.148. The van der Waals surface area contributed by atoms with Gasteiger partial charge in [0.15, 0.2) is 0 Å². The summed E-state index contributed by atoms with van der Waals surface area (Å²) >= 11 is 0. The number of aromatic amines is 1. The first-order valence-electron chi connectivity index (χ1n) is 5.85. The van der Waals surface area contributed by atoms with E-state index in [9.17, 15) is 4.79 Å². The van der Waals surface area contributed by atoms with Gasteiger partial charge in [0.25, 0.3) is 0 Å². The third-order valence-electron chi connectivity index (χ3n) is 2.60. The van der Waals surface area contributed by atoms with Gasteiger partial charge in [-0.25, -0.2) is 0 Å². The van der Waals surface area contributed by atoms with Gasteiger partial charge in [0.2, 0.25) is 5.91 Å². The highest BCUT2D eigenvalue weighted by atomic mass is 16.1. The van der Waals surface area contributed by atoms with E-state index in [0.717, 1.165) is 11.1 Å². The Kier molecular flexibility index (Phi) is 4.14. The van der Waals surface area contributed by atoms with Crippen LogP contribution in [0.15, 0.2) is 48.8 Å². The molecule has 0 atom stereocenters. The molecule has 0 bridgehead atoms. The number of benzene rings is 1. The standard InChI is InChI=1S/C15H13N3O/c16-9-13-3-1-12(2-4-13)5-6-15(19)18-11-14-7-8-17-10-14/h1-8,10,17H,11H2,(H,18,19)/b6-5+. The Morgan fingerprint density at radius 2 is 2.11 bits per heavy atom. The van der Waals surface area contributed by atoms with Crippen molar-refractivity contribution in [2.75, 3.05) is 0 Å². The number of carbonyl (C=O) groups is 1. The third-order valence-corrected chi connectivity index (χ3v) is 2.60. The van der Waals surface area contributed by atoms with E-state index in [2.05, 4.69) is 10.3 Å². The summed E-state index contributed by atoms with van der Waals surface area (Å²) in [6.07, 6.45) is 6.85. The molecule has 1 heterocycles. The van der Waals surface area contributed by atoms with Crippen LogP contribution in [0.1, 0.15) is 16.7 Å². The largest absolute Gasteiger partial charge is 0.367 e. The minimum Gasteiger partial charge on any atom is -0.367 e. The van der Waals surface area contributed by atoms with Crippen molar-refractivity contribution in [2.45, 2.75) is 6.54 Å². The van der Waals surface area contributed by atoms with Gasteiger partial charge in [0.05, 0.1) is 11.6 Å². The molecule has 0 unspecified atom stereocenters. The molecule has 1 aromatic carbocycles. The van der Waals surface area contributed by atoms with E-state index < -0.39 is 0 Å². The van der Waals surface area contributed by atoms with Crippen LogP contribution in [0, 0.1) is 11.3 Å². The fourth-order valence-corrected chi connectivity index (χ4v) is 1.56. The van der Waals surface area contributed by atoms with E-state index in [1.54, 1.807) is 30.3 Å². The van der Waals surface area contributed by atoms with Gasteiger partial charge in [0.1, 0.15) is 0 Å². The van der Waals surface area contributed by atoms with Gasteiger partial charge in [-0.15, -0.1) is 0 Å². The van der Waals surface area contributed by atoms with Crippen molar-refractivity contribution in [3.8, 4) is 6.07 Å². The highest BCUT2D eigenvalue weighted by molar-refractivity contribution is 5.91. The summed E-state index contributed by atoms with van der Waals surface area (Å²) in [5.74, 6) is -0.148. The van der Waals surface area contributed by atoms with Crippen LogP contribution in [-0.4, -0.2) is 10.9 Å². The lowest BCUT2D eigenvalue weighted by molar-refractivity contribution is -0.116. The van der Waals surface area contributed by atoms with Crippen LogP contribution in [-0.2, 0) is 11.3 Å². The van der Waals surface area contributed by atoms with Crippen molar-refractivity contribution in [1.82, 2.24) is 10.3 Å². The molecule has 19 heavy (non-hydrogen) atoms. The van der Waals surface area contributed by atoms with Crippen LogP contribution in [0.2, 0.25) is 0 Å². The molecular formula is C15H13N3O. The van der Waals surface area contributed by atoms with Crippen molar-refractivity contribution in [3.63, 3.8) is 0 Å². The summed E-state index contributed by atoms with van der Waals surface area (Å²) < 4.78 is 0. The predicted octanol–water partition coefficient (Wildman–Crippen LogP) is 2.22. The van der Waals surface area contributed by atoms with Crippen molar-refractivity contribution < 1.29 is 4.79 Å². The number of H-pyrrole nitrogens is 1. The fraction of sp³-hybridized carbons (Fsp3) is 0.0667. The highest BCUT2D eigenvalue weighted by Crippen LogP contribution is 2.05. The summed E-state index contributed by atoms with van der Waals surface area (Å²) in [4.78, 5) is 14.5. The molecule has 0 aliphatic carbocycles. The van der Waals surface area contributed by atoms with Crippen molar-refractivity contribution in [3.05, 3.63) is 65.5 Å². The molecule has 94 valence electrons. The maximum absolute atomic E-state index is 11.6. The van der Waals surface area contributed by atoms with E-state index in [1.165, 1.54) is 6.08 Å². The zero-order valence-corrected chi connectivity index (χ0v) is 10.3. The second-order valence-corrected chi connectivity index (χ2v) is 4.00. The molecule has 0 radical (unpaired) electrons. The van der Waals surface area contributed by atoms with E-state index in [-0.39, 0.29) is 5.91 Å². The normalized spacial score (nSPS) is 10.3. The Hall–Kier alpha value is -2.80. The average molecular weight is 251 g/mol. The number of aromatic nitrogens is 1. The molecule has 0 spiro atoms. The van der Waals surface area contributed by atoms with Gasteiger partial charge >= 0.3 is 0 Å². The molecule has 1 aromatic heterocycles. The second kappa shape index (κ2) is 6.22. The van der Waals surface area contributed by atoms with E-state index in [1.807, 2.05) is 24.5 Å². The fourth-order valence-electron chi connectivity index (χ4n) is 1.56. The Morgan fingerprint density at radius 1 is 1.32 bits per heavy atom. The summed E-state index contributed by atoms with van der Waals surface area (Å²) in [7, 11) is 0. The average Bonchev–Trinajstić information content (AvgIpc) is 2.96. The molecule has 1 amide bonds. The Labute approximate surface area is 111 Å². The number of carbonyl (C=O) groups excluding carboxylic acids is 1. The number of nitriles is 1. The van der Waals surface area contributed by atoms with Crippen LogP contribution in [0.3, 0.4) is 0 Å². The molecule has 2 aromatic rings. The minimum atomic E-state index is -0.148. The molecule has 0 aliphatic rings. The highest BCUT2D eigenvalue weighted by Gasteiger charge is 1.97. The first-order chi connectivity index (χ1) is 9.28. The third kappa shape index (κ3) is 3.86. The molecular weight excluding hydrogens is 238 g/mol. The van der Waals surface area contributed by atoms with Crippen molar-refractivity contribution >= 4 is 12.0 Å². The molecule has 2 rings (SSSR count). The summed E-state index contributed by atoms with van der Waals surface area (Å²) in [5, 5.41) is 11.5. The molecule has 0 saturated carbocycles. The van der Waals surface area contributed by atoms with Crippen molar-refractivity contribution in [1.29, 1.82) is 5.26 Å². The Balaban J connectivity index is 1.87. The number of rotatable bonds is 4. The first-order valence-corrected chi connectivity index (χ1v) is 5.85. The second-order valence-electron chi connectivity index (χ2n) is 4.00. The Bertz CT molecular complexity index is 604. The molecule has 4 heteroatoms. The lowest BCUT2D eigenvalue weighted by Gasteiger charge is -1.99. The van der Waals surface area contributed by atoms with Gasteiger partial charge in [-0.05, 0) is 35.4 Å². The molecule has 0 saturated heterocycles. The number of nitrogens with one attached hydrogen (secondary N) is 2. The zero-order chi connectivity index (χ0) is 13.5. The molecule has 0 aliphatic heterocycles. The molecule has 4 nitrogen and oxygen atoms in total. The van der Waals surface area contributed by atoms with Crippen LogP contribution in [0.5, 0.6) is 0 Å². The number of nitrogens with zero attached hydrogens (tertiary/aromatic N) is 1. The van der Waals surface area contributed by atoms with Crippen LogP contribution in [0.4, 0.5) is 0 Å². The van der Waals surface area contributed by atoms with Gasteiger partial charge < -0.3 is 10.3 Å². The van der Waals surface area contributed by atoms with Crippen LogP contribution in [0.25, 0.3) is 6.08 Å². The van der Waals surface area contributed by atoms with Crippen molar-refractivity contribution in [2.24, 2.45) is 0 Å². The number of hydrogen-bond donors (Lipinski definition) is 2.